The van der Waals surface area contributed by atoms with Crippen LogP contribution in [0.15, 0.2) is 23.0 Å². The smallest absolute Gasteiger partial charge is 0.219 e. The van der Waals surface area contributed by atoms with Crippen LogP contribution in [-0.2, 0) is 9.59 Å². The zero-order valence-electron chi connectivity index (χ0n) is 12.5. The van der Waals surface area contributed by atoms with E-state index in [-0.39, 0.29) is 17.6 Å². The largest absolute Gasteiger partial charge is 0.356 e. The molecular weight excluding hydrogens is 304 g/mol. The van der Waals surface area contributed by atoms with Crippen LogP contribution in [0.5, 0.6) is 0 Å². The number of rotatable bonds is 3. The highest BCUT2D eigenvalue weighted by Gasteiger charge is 2.11. The van der Waals surface area contributed by atoms with Crippen LogP contribution in [0.25, 0.3) is 0 Å². The standard InChI is InChI=1S/C15H24N2O2S2/c1-2-15(19)17-11-13-4-5-14(18)6-9-21-12-20-8-3-7-16-10-13/h3,6,8-9,13,16H,2,4-5,7,10-12H2,1H3,(H,17,19). The van der Waals surface area contributed by atoms with E-state index >= 15 is 0 Å². The minimum absolute atomic E-state index is 0.0633. The lowest BCUT2D eigenvalue weighted by molar-refractivity contribution is -0.120. The van der Waals surface area contributed by atoms with E-state index in [4.69, 9.17) is 0 Å². The lowest BCUT2D eigenvalue weighted by atomic mass is 10.0. The van der Waals surface area contributed by atoms with Crippen LogP contribution in [0.2, 0.25) is 0 Å². The molecule has 0 aromatic rings. The summed E-state index contributed by atoms with van der Waals surface area (Å²) in [6.07, 6.45) is 5.60. The van der Waals surface area contributed by atoms with E-state index in [1.165, 1.54) is 0 Å². The third-order valence-electron chi connectivity index (χ3n) is 3.08. The number of carbonyl (C=O) groups excluding carboxylic acids is 2. The first-order chi connectivity index (χ1) is 10.2. The SMILES string of the molecule is CCC(=O)NCC1CCC(=O)C=CSCSC=CCNC1. The summed E-state index contributed by atoms with van der Waals surface area (Å²) in [6, 6.07) is 0. The molecule has 1 heterocycles. The van der Waals surface area contributed by atoms with Gasteiger partial charge in [-0.15, -0.1) is 23.5 Å². The van der Waals surface area contributed by atoms with Crippen molar-refractivity contribution in [1.29, 1.82) is 0 Å². The van der Waals surface area contributed by atoms with Crippen LogP contribution in [0.4, 0.5) is 0 Å². The van der Waals surface area contributed by atoms with E-state index in [1.807, 2.05) is 12.3 Å². The average molecular weight is 329 g/mol. The highest BCUT2D eigenvalue weighted by atomic mass is 32.2. The van der Waals surface area contributed by atoms with Crippen LogP contribution in [0.3, 0.4) is 0 Å². The minimum Gasteiger partial charge on any atom is -0.356 e. The van der Waals surface area contributed by atoms with Crippen molar-refractivity contribution in [2.24, 2.45) is 5.92 Å². The summed E-state index contributed by atoms with van der Waals surface area (Å²) in [5.74, 6) is 0.509. The fourth-order valence-electron chi connectivity index (χ4n) is 1.82. The molecule has 2 N–H and O–H groups in total. The third kappa shape index (κ3) is 9.77. The van der Waals surface area contributed by atoms with E-state index in [1.54, 1.807) is 29.6 Å². The molecular formula is C15H24N2O2S2. The molecule has 1 aliphatic heterocycles. The highest BCUT2D eigenvalue weighted by molar-refractivity contribution is 8.18. The summed E-state index contributed by atoms with van der Waals surface area (Å²) >= 11 is 3.36. The van der Waals surface area contributed by atoms with Gasteiger partial charge in [0.1, 0.15) is 0 Å². The van der Waals surface area contributed by atoms with Gasteiger partial charge in [0.25, 0.3) is 0 Å². The molecule has 0 fully saturated rings. The Bertz CT molecular complexity index is 384. The van der Waals surface area contributed by atoms with Crippen LogP contribution in [0.1, 0.15) is 26.2 Å². The van der Waals surface area contributed by atoms with Gasteiger partial charge in [-0.25, -0.2) is 0 Å². The van der Waals surface area contributed by atoms with Gasteiger partial charge < -0.3 is 10.6 Å². The summed E-state index contributed by atoms with van der Waals surface area (Å²) in [6.45, 7) is 4.10. The Balaban J connectivity index is 2.48. The summed E-state index contributed by atoms with van der Waals surface area (Å²) in [4.78, 5) is 23.1. The van der Waals surface area contributed by atoms with Crippen LogP contribution in [-0.4, -0.2) is 36.4 Å². The second-order valence-electron chi connectivity index (χ2n) is 4.81. The van der Waals surface area contributed by atoms with Gasteiger partial charge in [-0.1, -0.05) is 13.0 Å². The second-order valence-corrected chi connectivity index (χ2v) is 6.97. The van der Waals surface area contributed by atoms with E-state index in [0.29, 0.717) is 19.4 Å². The lowest BCUT2D eigenvalue weighted by Crippen LogP contribution is -2.34. The van der Waals surface area contributed by atoms with Crippen molar-refractivity contribution >= 4 is 35.2 Å². The average Bonchev–Trinajstić information content (AvgIpc) is 2.49. The number of thioether (sulfide) groups is 2. The Morgan fingerprint density at radius 2 is 2.24 bits per heavy atom. The van der Waals surface area contributed by atoms with Crippen LogP contribution < -0.4 is 10.6 Å². The van der Waals surface area contributed by atoms with Gasteiger partial charge in [-0.3, -0.25) is 9.59 Å². The molecule has 1 unspecified atom stereocenters. The van der Waals surface area contributed by atoms with Crippen molar-refractivity contribution in [3.8, 4) is 0 Å². The summed E-state index contributed by atoms with van der Waals surface area (Å²) in [5.41, 5.74) is 0. The van der Waals surface area contributed by atoms with Crippen molar-refractivity contribution in [2.45, 2.75) is 26.2 Å². The maximum absolute atomic E-state index is 11.8. The molecule has 0 spiro atoms. The van der Waals surface area contributed by atoms with E-state index in [9.17, 15) is 9.59 Å². The highest BCUT2D eigenvalue weighted by Crippen LogP contribution is 2.15. The Labute approximate surface area is 135 Å². The summed E-state index contributed by atoms with van der Waals surface area (Å²) in [7, 11) is 0. The fourth-order valence-corrected chi connectivity index (χ4v) is 3.24. The van der Waals surface area contributed by atoms with Gasteiger partial charge in [-0.2, -0.15) is 0 Å². The molecule has 0 bridgehead atoms. The summed E-state index contributed by atoms with van der Waals surface area (Å²) in [5, 5.41) is 11.2. The first-order valence-electron chi connectivity index (χ1n) is 7.27. The molecule has 0 radical (unpaired) electrons. The van der Waals surface area contributed by atoms with Gasteiger partial charge in [0.05, 0.1) is 0 Å². The number of nitrogens with one attached hydrogen (secondary N) is 2. The van der Waals surface area contributed by atoms with Gasteiger partial charge in [0, 0.05) is 31.0 Å². The van der Waals surface area contributed by atoms with Crippen LogP contribution in [0, 0.1) is 5.92 Å². The molecule has 6 heteroatoms. The molecule has 4 nitrogen and oxygen atoms in total. The van der Waals surface area contributed by atoms with Gasteiger partial charge >= 0.3 is 0 Å². The molecule has 118 valence electrons. The van der Waals surface area contributed by atoms with Crippen molar-refractivity contribution in [2.75, 3.05) is 24.7 Å². The molecule has 0 aliphatic carbocycles. The molecule has 1 aliphatic rings. The lowest BCUT2D eigenvalue weighted by Gasteiger charge is -2.17. The van der Waals surface area contributed by atoms with E-state index < -0.39 is 0 Å². The van der Waals surface area contributed by atoms with Crippen molar-refractivity contribution in [1.82, 2.24) is 10.6 Å². The molecule has 0 saturated heterocycles. The molecule has 1 atom stereocenters. The Morgan fingerprint density at radius 1 is 1.43 bits per heavy atom. The molecule has 21 heavy (non-hydrogen) atoms. The maximum Gasteiger partial charge on any atom is 0.219 e. The molecule has 1 amide bonds. The Morgan fingerprint density at radius 3 is 3.05 bits per heavy atom. The van der Waals surface area contributed by atoms with Crippen molar-refractivity contribution < 1.29 is 9.59 Å². The predicted molar refractivity (Wildman–Crippen MR) is 92.2 cm³/mol. The molecule has 0 aromatic heterocycles. The topological polar surface area (TPSA) is 58.2 Å². The fraction of sp³-hybridized carbons (Fsp3) is 0.600. The van der Waals surface area contributed by atoms with Crippen molar-refractivity contribution in [3.05, 3.63) is 23.0 Å². The van der Waals surface area contributed by atoms with Crippen molar-refractivity contribution in [3.63, 3.8) is 0 Å². The number of hydrogen-bond donors (Lipinski definition) is 2. The number of carbonyl (C=O) groups is 2. The number of allylic oxidation sites excluding steroid dienone is 1. The summed E-state index contributed by atoms with van der Waals surface area (Å²) < 4.78 is 0. The quantitative estimate of drug-likeness (QED) is 0.834. The second kappa shape index (κ2) is 11.9. The Kier molecular flexibility index (Phi) is 10.4. The molecule has 0 saturated carbocycles. The minimum atomic E-state index is 0.0633. The molecule has 0 aromatic carbocycles. The van der Waals surface area contributed by atoms with Gasteiger partial charge in [-0.05, 0) is 35.8 Å². The number of hydrogen-bond acceptors (Lipinski definition) is 5. The van der Waals surface area contributed by atoms with Gasteiger partial charge in [0.15, 0.2) is 5.78 Å². The normalized spacial score (nSPS) is 21.8. The maximum atomic E-state index is 11.8. The van der Waals surface area contributed by atoms with E-state index in [2.05, 4.69) is 22.1 Å². The zero-order chi connectivity index (χ0) is 15.3. The zero-order valence-corrected chi connectivity index (χ0v) is 14.1. The molecule has 1 rings (SSSR count). The number of amides is 1. The number of ketones is 1. The van der Waals surface area contributed by atoms with Gasteiger partial charge in [0.2, 0.25) is 5.91 Å². The van der Waals surface area contributed by atoms with E-state index in [0.717, 1.165) is 24.6 Å². The first kappa shape index (κ1) is 18.3. The Hall–Kier alpha value is -0.720. The predicted octanol–water partition coefficient (Wildman–Crippen LogP) is 2.53. The monoisotopic (exact) mass is 328 g/mol. The third-order valence-corrected chi connectivity index (χ3v) is 4.88. The first-order valence-corrected chi connectivity index (χ1v) is 9.37. The van der Waals surface area contributed by atoms with Crippen LogP contribution >= 0.6 is 23.5 Å².